The van der Waals surface area contributed by atoms with E-state index < -0.39 is 7.60 Å². The van der Waals surface area contributed by atoms with Gasteiger partial charge in [-0.15, -0.1) is 0 Å². The molecule has 0 aliphatic rings. The van der Waals surface area contributed by atoms with Gasteiger partial charge < -0.3 is 13.8 Å². The molecule has 0 unspecified atom stereocenters. The third-order valence-corrected chi connectivity index (χ3v) is 5.03. The van der Waals surface area contributed by atoms with Gasteiger partial charge >= 0.3 is 7.60 Å². The van der Waals surface area contributed by atoms with Gasteiger partial charge in [0.2, 0.25) is 0 Å². The molecular formula is C19H24NO4P. The number of benzene rings is 1. The Morgan fingerprint density at radius 2 is 1.88 bits per heavy atom. The maximum absolute atomic E-state index is 12.4. The van der Waals surface area contributed by atoms with Crippen molar-refractivity contribution in [3.63, 3.8) is 0 Å². The molecule has 1 aromatic carbocycles. The first-order valence-corrected chi connectivity index (χ1v) is 9.97. The molecule has 0 aliphatic heterocycles. The third kappa shape index (κ3) is 6.83. The molecule has 0 bridgehead atoms. The summed E-state index contributed by atoms with van der Waals surface area (Å²) in [5.41, 5.74) is 1.86. The van der Waals surface area contributed by atoms with E-state index >= 15 is 0 Å². The van der Waals surface area contributed by atoms with E-state index in [4.69, 9.17) is 13.8 Å². The van der Waals surface area contributed by atoms with Crippen LogP contribution in [0, 0.1) is 0 Å². The molecule has 6 heteroatoms. The fourth-order valence-corrected chi connectivity index (χ4v) is 3.51. The zero-order chi connectivity index (χ0) is 18.0. The number of aromatic nitrogens is 1. The Hall–Kier alpha value is -1.94. The predicted octanol–water partition coefficient (Wildman–Crippen LogP) is 4.94. The summed E-state index contributed by atoms with van der Waals surface area (Å²) >= 11 is 0. The topological polar surface area (TPSA) is 57.7 Å². The van der Waals surface area contributed by atoms with Gasteiger partial charge in [-0.05, 0) is 49.8 Å². The van der Waals surface area contributed by atoms with Crippen LogP contribution in [0.4, 0.5) is 0 Å². The first-order valence-electron chi connectivity index (χ1n) is 8.36. The second-order valence-electron chi connectivity index (χ2n) is 5.18. The Kier molecular flexibility index (Phi) is 7.86. The van der Waals surface area contributed by atoms with E-state index in [1.54, 1.807) is 26.1 Å². The molecule has 2 rings (SSSR count). The molecule has 0 saturated carbocycles. The molecule has 0 N–H and O–H groups in total. The average Bonchev–Trinajstić information content (AvgIpc) is 2.62. The van der Waals surface area contributed by atoms with Crippen molar-refractivity contribution in [3.05, 3.63) is 65.7 Å². The van der Waals surface area contributed by atoms with Crippen molar-refractivity contribution in [1.82, 2.24) is 4.98 Å². The van der Waals surface area contributed by atoms with Crippen molar-refractivity contribution < 1.29 is 18.3 Å². The lowest BCUT2D eigenvalue weighted by molar-refractivity contribution is 0.229. The zero-order valence-electron chi connectivity index (χ0n) is 14.6. The van der Waals surface area contributed by atoms with Gasteiger partial charge in [0.1, 0.15) is 5.75 Å². The molecule has 0 atom stereocenters. The van der Waals surface area contributed by atoms with Crippen LogP contribution in [-0.2, 0) is 20.0 Å². The average molecular weight is 361 g/mol. The van der Waals surface area contributed by atoms with Crippen molar-refractivity contribution >= 4 is 13.7 Å². The molecule has 2 aromatic rings. The van der Waals surface area contributed by atoms with Crippen molar-refractivity contribution in [2.45, 2.75) is 20.3 Å². The van der Waals surface area contributed by atoms with Crippen LogP contribution in [0.25, 0.3) is 6.08 Å². The number of pyridine rings is 1. The van der Waals surface area contributed by atoms with E-state index in [2.05, 4.69) is 4.98 Å². The predicted molar refractivity (Wildman–Crippen MR) is 99.8 cm³/mol. The molecular weight excluding hydrogens is 337 g/mol. The van der Waals surface area contributed by atoms with Gasteiger partial charge in [-0.1, -0.05) is 18.2 Å². The van der Waals surface area contributed by atoms with Crippen molar-refractivity contribution in [2.24, 2.45) is 0 Å². The number of hydrogen-bond donors (Lipinski definition) is 0. The highest BCUT2D eigenvalue weighted by molar-refractivity contribution is 7.57. The van der Waals surface area contributed by atoms with Crippen LogP contribution >= 0.6 is 7.60 Å². The summed E-state index contributed by atoms with van der Waals surface area (Å²) in [6, 6.07) is 13.4. The number of ether oxygens (including phenoxy) is 1. The fourth-order valence-electron chi connectivity index (χ4n) is 2.19. The molecule has 1 heterocycles. The van der Waals surface area contributed by atoms with Crippen molar-refractivity contribution in [3.8, 4) is 5.75 Å². The Morgan fingerprint density at radius 1 is 1.08 bits per heavy atom. The molecule has 134 valence electrons. The summed E-state index contributed by atoms with van der Waals surface area (Å²) in [4.78, 5) is 4.27. The van der Waals surface area contributed by atoms with Crippen LogP contribution in [0.3, 0.4) is 0 Å². The van der Waals surface area contributed by atoms with E-state index in [1.165, 1.54) is 5.82 Å². The van der Waals surface area contributed by atoms with Crippen LogP contribution in [0.15, 0.2) is 54.5 Å². The maximum Gasteiger partial charge on any atom is 0.354 e. The lowest BCUT2D eigenvalue weighted by Gasteiger charge is -2.12. The third-order valence-electron chi connectivity index (χ3n) is 3.28. The summed E-state index contributed by atoms with van der Waals surface area (Å²) in [7, 11) is -3.19. The highest BCUT2D eigenvalue weighted by atomic mass is 31.2. The van der Waals surface area contributed by atoms with Crippen molar-refractivity contribution in [1.29, 1.82) is 0 Å². The Bertz CT molecular complexity index is 708. The molecule has 0 spiro atoms. The largest absolute Gasteiger partial charge is 0.493 e. The Labute approximate surface area is 149 Å². The molecule has 5 nitrogen and oxygen atoms in total. The molecule has 0 radical (unpaired) electrons. The lowest BCUT2D eigenvalue weighted by Crippen LogP contribution is -2.02. The second-order valence-corrected chi connectivity index (χ2v) is 7.08. The zero-order valence-corrected chi connectivity index (χ0v) is 15.5. The van der Waals surface area contributed by atoms with E-state index in [1.807, 2.05) is 42.5 Å². The molecule has 0 aliphatic carbocycles. The molecule has 0 fully saturated rings. The number of nitrogens with zero attached hydrogens (tertiary/aromatic N) is 1. The lowest BCUT2D eigenvalue weighted by atomic mass is 10.2. The van der Waals surface area contributed by atoms with E-state index in [0.29, 0.717) is 19.8 Å². The van der Waals surface area contributed by atoms with Crippen LogP contribution in [0.1, 0.15) is 25.1 Å². The van der Waals surface area contributed by atoms with E-state index in [-0.39, 0.29) is 0 Å². The SMILES string of the molecule is CCOP(=O)(/C=C/c1cccc(OCCc2ccccn2)c1)OCC. The summed E-state index contributed by atoms with van der Waals surface area (Å²) in [6.07, 6.45) is 4.25. The van der Waals surface area contributed by atoms with Crippen LogP contribution in [0.2, 0.25) is 0 Å². The maximum atomic E-state index is 12.4. The van der Waals surface area contributed by atoms with Gasteiger partial charge in [-0.2, -0.15) is 0 Å². The monoisotopic (exact) mass is 361 g/mol. The Balaban J connectivity index is 1.95. The van der Waals surface area contributed by atoms with Crippen LogP contribution in [0.5, 0.6) is 5.75 Å². The summed E-state index contributed by atoms with van der Waals surface area (Å²) in [5, 5.41) is 0. The van der Waals surface area contributed by atoms with Gasteiger partial charge in [0.15, 0.2) is 0 Å². The molecule has 1 aromatic heterocycles. The standard InChI is InChI=1S/C19H24NO4P/c1-3-23-25(21,24-4-2)15-12-17-8-7-10-19(16-17)22-14-11-18-9-5-6-13-20-18/h5-10,12-13,15-16H,3-4,11,14H2,1-2H3/b15-12+. The van der Waals surface area contributed by atoms with Gasteiger partial charge in [-0.3, -0.25) is 9.55 Å². The minimum absolute atomic E-state index is 0.332. The summed E-state index contributed by atoms with van der Waals surface area (Å²) in [5.74, 6) is 2.24. The van der Waals surface area contributed by atoms with Crippen molar-refractivity contribution in [2.75, 3.05) is 19.8 Å². The number of hydrogen-bond acceptors (Lipinski definition) is 5. The van der Waals surface area contributed by atoms with Crippen LogP contribution < -0.4 is 4.74 Å². The van der Waals surface area contributed by atoms with E-state index in [0.717, 1.165) is 23.4 Å². The molecule has 0 saturated heterocycles. The smallest absolute Gasteiger partial charge is 0.354 e. The molecule has 0 amide bonds. The highest BCUT2D eigenvalue weighted by Crippen LogP contribution is 2.50. The summed E-state index contributed by atoms with van der Waals surface area (Å²) < 4.78 is 28.7. The summed E-state index contributed by atoms with van der Waals surface area (Å²) in [6.45, 7) is 4.78. The highest BCUT2D eigenvalue weighted by Gasteiger charge is 2.18. The van der Waals surface area contributed by atoms with E-state index in [9.17, 15) is 4.57 Å². The van der Waals surface area contributed by atoms with Gasteiger partial charge in [-0.25, -0.2) is 0 Å². The van der Waals surface area contributed by atoms with Gasteiger partial charge in [0.25, 0.3) is 0 Å². The molecule has 25 heavy (non-hydrogen) atoms. The Morgan fingerprint density at radius 3 is 2.56 bits per heavy atom. The number of rotatable bonds is 10. The first kappa shape index (κ1) is 19.4. The minimum Gasteiger partial charge on any atom is -0.493 e. The minimum atomic E-state index is -3.19. The second kappa shape index (κ2) is 10.1. The fraction of sp³-hybridized carbons (Fsp3) is 0.316. The van der Waals surface area contributed by atoms with Gasteiger partial charge in [0.05, 0.1) is 19.8 Å². The van der Waals surface area contributed by atoms with Gasteiger partial charge in [0, 0.05) is 24.1 Å². The van der Waals surface area contributed by atoms with Crippen LogP contribution in [-0.4, -0.2) is 24.8 Å². The quantitative estimate of drug-likeness (QED) is 0.561. The normalized spacial score (nSPS) is 11.8. The first-order chi connectivity index (χ1) is 12.1.